The van der Waals surface area contributed by atoms with Gasteiger partial charge in [0.1, 0.15) is 0 Å². The SMILES string of the molecule is CC1CCNCC1NC(=O)c1cccc(S(=O)(=O)Cc2ccccc2)c1. The van der Waals surface area contributed by atoms with Gasteiger partial charge in [0, 0.05) is 18.2 Å². The topological polar surface area (TPSA) is 75.3 Å². The van der Waals surface area contributed by atoms with Gasteiger partial charge in [-0.3, -0.25) is 4.79 Å². The zero-order valence-electron chi connectivity index (χ0n) is 14.8. The van der Waals surface area contributed by atoms with E-state index >= 15 is 0 Å². The maximum Gasteiger partial charge on any atom is 0.251 e. The second kappa shape index (κ2) is 8.01. The van der Waals surface area contributed by atoms with Crippen molar-refractivity contribution in [2.75, 3.05) is 13.1 Å². The number of piperidine rings is 1. The number of nitrogens with one attached hydrogen (secondary N) is 2. The molecule has 1 heterocycles. The van der Waals surface area contributed by atoms with Crippen LogP contribution in [0.15, 0.2) is 59.5 Å². The molecule has 0 radical (unpaired) electrons. The highest BCUT2D eigenvalue weighted by atomic mass is 32.2. The van der Waals surface area contributed by atoms with E-state index in [2.05, 4.69) is 17.6 Å². The van der Waals surface area contributed by atoms with E-state index in [1.54, 1.807) is 30.3 Å². The second-order valence-electron chi connectivity index (χ2n) is 6.82. The molecule has 2 aromatic carbocycles. The largest absolute Gasteiger partial charge is 0.348 e. The summed E-state index contributed by atoms with van der Waals surface area (Å²) >= 11 is 0. The number of carbonyl (C=O) groups is 1. The Labute approximate surface area is 154 Å². The van der Waals surface area contributed by atoms with Gasteiger partial charge in [-0.05, 0) is 42.6 Å². The Morgan fingerprint density at radius 1 is 1.15 bits per heavy atom. The third kappa shape index (κ3) is 4.51. The molecule has 5 nitrogen and oxygen atoms in total. The van der Waals surface area contributed by atoms with Crippen molar-refractivity contribution in [1.82, 2.24) is 10.6 Å². The fourth-order valence-corrected chi connectivity index (χ4v) is 4.53. The summed E-state index contributed by atoms with van der Waals surface area (Å²) in [5.74, 6) is 0.0789. The average molecular weight is 372 g/mol. The van der Waals surface area contributed by atoms with Crippen molar-refractivity contribution < 1.29 is 13.2 Å². The number of benzene rings is 2. The minimum atomic E-state index is -3.51. The van der Waals surface area contributed by atoms with Crippen LogP contribution in [0.4, 0.5) is 0 Å². The highest BCUT2D eigenvalue weighted by Crippen LogP contribution is 2.18. The summed E-state index contributed by atoms with van der Waals surface area (Å²) in [5, 5.41) is 6.29. The summed E-state index contributed by atoms with van der Waals surface area (Å²) in [6.07, 6.45) is 1.01. The summed E-state index contributed by atoms with van der Waals surface area (Å²) in [6, 6.07) is 15.4. The normalized spacial score (nSPS) is 20.5. The molecule has 0 saturated carbocycles. The molecular formula is C20H24N2O3S. The lowest BCUT2D eigenvalue weighted by Crippen LogP contribution is -2.50. The van der Waals surface area contributed by atoms with Gasteiger partial charge in [0.05, 0.1) is 10.6 Å². The molecule has 1 aliphatic heterocycles. The Bertz CT molecular complexity index is 866. The van der Waals surface area contributed by atoms with Crippen LogP contribution in [0.5, 0.6) is 0 Å². The van der Waals surface area contributed by atoms with Gasteiger partial charge in [-0.2, -0.15) is 0 Å². The summed E-state index contributed by atoms with van der Waals surface area (Å²) < 4.78 is 25.4. The first kappa shape index (κ1) is 18.6. The van der Waals surface area contributed by atoms with Gasteiger partial charge in [-0.25, -0.2) is 8.42 Å². The number of rotatable bonds is 5. The zero-order chi connectivity index (χ0) is 18.6. The third-order valence-corrected chi connectivity index (χ3v) is 6.48. The molecule has 2 aromatic rings. The molecule has 26 heavy (non-hydrogen) atoms. The molecule has 0 aromatic heterocycles. The molecule has 2 unspecified atom stereocenters. The summed E-state index contributed by atoms with van der Waals surface area (Å²) in [4.78, 5) is 12.7. The quantitative estimate of drug-likeness (QED) is 0.845. The molecule has 138 valence electrons. The summed E-state index contributed by atoms with van der Waals surface area (Å²) in [7, 11) is -3.51. The maximum atomic E-state index is 12.7. The van der Waals surface area contributed by atoms with E-state index in [-0.39, 0.29) is 22.6 Å². The minimum Gasteiger partial charge on any atom is -0.348 e. The van der Waals surface area contributed by atoms with Gasteiger partial charge >= 0.3 is 0 Å². The standard InChI is InChI=1S/C20H24N2O3S/c1-15-10-11-21-13-19(15)22-20(23)17-8-5-9-18(12-17)26(24,25)14-16-6-3-2-4-7-16/h2-9,12,15,19,21H,10-11,13-14H2,1H3,(H,22,23). The highest BCUT2D eigenvalue weighted by Gasteiger charge is 2.24. The van der Waals surface area contributed by atoms with Crippen LogP contribution >= 0.6 is 0 Å². The van der Waals surface area contributed by atoms with Crippen LogP contribution in [-0.4, -0.2) is 33.5 Å². The predicted octanol–water partition coefficient (Wildman–Crippen LogP) is 2.39. The molecule has 3 rings (SSSR count). The van der Waals surface area contributed by atoms with Crippen molar-refractivity contribution in [2.45, 2.75) is 30.0 Å². The fraction of sp³-hybridized carbons (Fsp3) is 0.350. The van der Waals surface area contributed by atoms with Crippen molar-refractivity contribution in [3.05, 3.63) is 65.7 Å². The molecule has 6 heteroatoms. The molecule has 1 fully saturated rings. The van der Waals surface area contributed by atoms with Crippen LogP contribution in [0.3, 0.4) is 0 Å². The molecule has 1 aliphatic rings. The van der Waals surface area contributed by atoms with Crippen LogP contribution in [0.1, 0.15) is 29.3 Å². The lowest BCUT2D eigenvalue weighted by molar-refractivity contribution is 0.0915. The van der Waals surface area contributed by atoms with Gasteiger partial charge in [-0.15, -0.1) is 0 Å². The lowest BCUT2D eigenvalue weighted by atomic mass is 9.94. The zero-order valence-corrected chi connectivity index (χ0v) is 15.6. The fourth-order valence-electron chi connectivity index (χ4n) is 3.14. The molecular weight excluding hydrogens is 348 g/mol. The van der Waals surface area contributed by atoms with Crippen molar-refractivity contribution in [3.8, 4) is 0 Å². The average Bonchev–Trinajstić information content (AvgIpc) is 2.64. The van der Waals surface area contributed by atoms with Crippen molar-refractivity contribution in [3.63, 3.8) is 0 Å². The Hall–Kier alpha value is -2.18. The van der Waals surface area contributed by atoms with Gasteiger partial charge in [-0.1, -0.05) is 43.3 Å². The Kier molecular flexibility index (Phi) is 5.74. The maximum absolute atomic E-state index is 12.7. The molecule has 0 spiro atoms. The first-order valence-electron chi connectivity index (χ1n) is 8.84. The van der Waals surface area contributed by atoms with Gasteiger partial charge < -0.3 is 10.6 Å². The first-order valence-corrected chi connectivity index (χ1v) is 10.5. The Balaban J connectivity index is 1.76. The highest BCUT2D eigenvalue weighted by molar-refractivity contribution is 7.90. The number of hydrogen-bond donors (Lipinski definition) is 2. The lowest BCUT2D eigenvalue weighted by Gasteiger charge is -2.30. The monoisotopic (exact) mass is 372 g/mol. The van der Waals surface area contributed by atoms with Crippen LogP contribution in [-0.2, 0) is 15.6 Å². The second-order valence-corrected chi connectivity index (χ2v) is 8.81. The number of carbonyl (C=O) groups excluding carboxylic acids is 1. The molecule has 2 N–H and O–H groups in total. The van der Waals surface area contributed by atoms with Crippen LogP contribution in [0.25, 0.3) is 0 Å². The van der Waals surface area contributed by atoms with E-state index in [0.29, 0.717) is 11.5 Å². The predicted molar refractivity (Wildman–Crippen MR) is 102 cm³/mol. The van der Waals surface area contributed by atoms with E-state index in [1.165, 1.54) is 6.07 Å². The number of sulfone groups is 1. The molecule has 2 atom stereocenters. The van der Waals surface area contributed by atoms with Crippen molar-refractivity contribution in [1.29, 1.82) is 0 Å². The van der Waals surface area contributed by atoms with Gasteiger partial charge in [0.25, 0.3) is 5.91 Å². The Morgan fingerprint density at radius 2 is 1.92 bits per heavy atom. The van der Waals surface area contributed by atoms with Crippen molar-refractivity contribution in [2.24, 2.45) is 5.92 Å². The minimum absolute atomic E-state index is 0.0563. The molecule has 1 saturated heterocycles. The van der Waals surface area contributed by atoms with E-state index in [4.69, 9.17) is 0 Å². The molecule has 0 aliphatic carbocycles. The third-order valence-electron chi connectivity index (χ3n) is 4.80. The van der Waals surface area contributed by atoms with E-state index in [9.17, 15) is 13.2 Å². The van der Waals surface area contributed by atoms with Gasteiger partial charge in [0.2, 0.25) is 0 Å². The number of amides is 1. The van der Waals surface area contributed by atoms with Gasteiger partial charge in [0.15, 0.2) is 9.84 Å². The molecule has 0 bridgehead atoms. The first-order chi connectivity index (χ1) is 12.5. The van der Waals surface area contributed by atoms with E-state index < -0.39 is 9.84 Å². The van der Waals surface area contributed by atoms with Crippen LogP contribution in [0.2, 0.25) is 0 Å². The van der Waals surface area contributed by atoms with E-state index in [0.717, 1.165) is 25.1 Å². The number of hydrogen-bond acceptors (Lipinski definition) is 4. The molecule has 1 amide bonds. The summed E-state index contributed by atoms with van der Waals surface area (Å²) in [5.41, 5.74) is 1.10. The van der Waals surface area contributed by atoms with Crippen molar-refractivity contribution >= 4 is 15.7 Å². The Morgan fingerprint density at radius 3 is 2.65 bits per heavy atom. The summed E-state index contributed by atoms with van der Waals surface area (Å²) in [6.45, 7) is 3.81. The van der Waals surface area contributed by atoms with Crippen LogP contribution < -0.4 is 10.6 Å². The smallest absolute Gasteiger partial charge is 0.251 e. The van der Waals surface area contributed by atoms with Crippen LogP contribution in [0, 0.1) is 5.92 Å². The van der Waals surface area contributed by atoms with E-state index in [1.807, 2.05) is 18.2 Å².